The van der Waals surface area contributed by atoms with Gasteiger partial charge in [-0.1, -0.05) is 23.7 Å². The van der Waals surface area contributed by atoms with E-state index in [2.05, 4.69) is 10.3 Å². The molecule has 0 spiro atoms. The van der Waals surface area contributed by atoms with Gasteiger partial charge in [-0.15, -0.1) is 0 Å². The third-order valence-electron chi connectivity index (χ3n) is 5.06. The molecule has 1 aliphatic rings. The number of nitrogens with zero attached hydrogens (tertiary/aromatic N) is 2. The van der Waals surface area contributed by atoms with E-state index in [0.717, 1.165) is 16.0 Å². The molecule has 2 heterocycles. The van der Waals surface area contributed by atoms with Crippen molar-refractivity contribution in [2.75, 3.05) is 16.8 Å². The molecule has 3 amide bonds. The molecule has 2 aromatic carbocycles. The fraction of sp³-hybridized carbons (Fsp3) is 0.125. The zero-order valence-electron chi connectivity index (χ0n) is 17.7. The number of carbonyl (C=O) groups excluding carboxylic acids is 4. The predicted molar refractivity (Wildman–Crippen MR) is 122 cm³/mol. The molecule has 4 rings (SSSR count). The molecule has 9 heteroatoms. The summed E-state index contributed by atoms with van der Waals surface area (Å²) in [5.41, 5.74) is 2.53. The Bertz CT molecular complexity index is 1300. The molecule has 0 saturated carbocycles. The summed E-state index contributed by atoms with van der Waals surface area (Å²) in [4.78, 5) is 55.4. The highest BCUT2D eigenvalue weighted by atomic mass is 35.5. The summed E-state index contributed by atoms with van der Waals surface area (Å²) in [5, 5.41) is 2.89. The van der Waals surface area contributed by atoms with Gasteiger partial charge < -0.3 is 10.1 Å². The fourth-order valence-electron chi connectivity index (χ4n) is 3.39. The number of imide groups is 1. The Labute approximate surface area is 194 Å². The van der Waals surface area contributed by atoms with Gasteiger partial charge in [0.1, 0.15) is 5.82 Å². The van der Waals surface area contributed by atoms with E-state index in [0.29, 0.717) is 10.7 Å². The third kappa shape index (κ3) is 4.47. The number of benzene rings is 2. The largest absolute Gasteiger partial charge is 0.452 e. The number of pyridine rings is 1. The first kappa shape index (κ1) is 22.2. The molecule has 8 nitrogen and oxygen atoms in total. The van der Waals surface area contributed by atoms with Gasteiger partial charge in [-0.25, -0.2) is 14.7 Å². The molecule has 0 saturated heterocycles. The molecule has 0 bridgehead atoms. The Morgan fingerprint density at radius 2 is 1.76 bits per heavy atom. The van der Waals surface area contributed by atoms with Gasteiger partial charge >= 0.3 is 5.97 Å². The number of anilines is 2. The summed E-state index contributed by atoms with van der Waals surface area (Å²) in [6, 6.07) is 12.7. The number of fused-ring (bicyclic) bond motifs is 1. The predicted octanol–water partition coefficient (Wildman–Crippen LogP) is 3.95. The van der Waals surface area contributed by atoms with Gasteiger partial charge in [0.2, 0.25) is 0 Å². The van der Waals surface area contributed by atoms with E-state index < -0.39 is 30.3 Å². The Balaban J connectivity index is 1.47. The second-order valence-electron chi connectivity index (χ2n) is 7.48. The van der Waals surface area contributed by atoms with Crippen molar-refractivity contribution in [1.29, 1.82) is 0 Å². The molecular weight excluding hydrogens is 446 g/mol. The number of rotatable bonds is 5. The molecule has 3 aromatic rings. The van der Waals surface area contributed by atoms with Crippen molar-refractivity contribution in [3.05, 3.63) is 87.6 Å². The quantitative estimate of drug-likeness (QED) is 0.453. The maximum atomic E-state index is 13.0. The van der Waals surface area contributed by atoms with Crippen LogP contribution in [0.1, 0.15) is 42.2 Å². The van der Waals surface area contributed by atoms with Crippen LogP contribution in [0.2, 0.25) is 5.02 Å². The van der Waals surface area contributed by atoms with Crippen molar-refractivity contribution < 1.29 is 23.9 Å². The maximum absolute atomic E-state index is 13.0. The number of hydrogen-bond donors (Lipinski definition) is 1. The van der Waals surface area contributed by atoms with Gasteiger partial charge in [0.25, 0.3) is 17.7 Å². The standard InChI is InChI=1S/C24H18ClN3O5/c1-13-3-4-14(2)19(9-13)28-22(30)17-7-5-15(10-18(17)23(28)31)24(32)33-12-21(29)27-20-8-6-16(25)11-26-20/h3-11H,12H2,1-2H3,(H,26,27,29). The number of hydrogen-bond acceptors (Lipinski definition) is 6. The van der Waals surface area contributed by atoms with E-state index in [1.807, 2.05) is 26.0 Å². The highest BCUT2D eigenvalue weighted by Crippen LogP contribution is 2.31. The van der Waals surface area contributed by atoms with Crippen LogP contribution in [0.15, 0.2) is 54.7 Å². The number of esters is 1. The van der Waals surface area contributed by atoms with Crippen LogP contribution in [0.25, 0.3) is 0 Å². The summed E-state index contributed by atoms with van der Waals surface area (Å²) in [5.74, 6) is -2.12. The van der Waals surface area contributed by atoms with Crippen molar-refractivity contribution in [3.8, 4) is 0 Å². The molecule has 33 heavy (non-hydrogen) atoms. The summed E-state index contributed by atoms with van der Waals surface area (Å²) < 4.78 is 5.04. The van der Waals surface area contributed by atoms with E-state index in [4.69, 9.17) is 16.3 Å². The number of aromatic nitrogens is 1. The maximum Gasteiger partial charge on any atom is 0.338 e. The molecule has 0 fully saturated rings. The lowest BCUT2D eigenvalue weighted by Gasteiger charge is -2.17. The summed E-state index contributed by atoms with van der Waals surface area (Å²) in [6.45, 7) is 3.13. The topological polar surface area (TPSA) is 106 Å². The minimum atomic E-state index is -0.803. The first-order valence-electron chi connectivity index (χ1n) is 9.93. The van der Waals surface area contributed by atoms with Gasteiger partial charge in [-0.2, -0.15) is 0 Å². The molecule has 1 N–H and O–H groups in total. The first-order valence-corrected chi connectivity index (χ1v) is 10.3. The Morgan fingerprint density at radius 1 is 1.00 bits per heavy atom. The molecule has 0 radical (unpaired) electrons. The lowest BCUT2D eigenvalue weighted by Crippen LogP contribution is -2.30. The number of aryl methyl sites for hydroxylation is 2. The summed E-state index contributed by atoms with van der Waals surface area (Å²) >= 11 is 5.74. The summed E-state index contributed by atoms with van der Waals surface area (Å²) in [7, 11) is 0. The smallest absolute Gasteiger partial charge is 0.338 e. The molecule has 0 unspecified atom stereocenters. The average molecular weight is 464 g/mol. The van der Waals surface area contributed by atoms with Crippen molar-refractivity contribution >= 4 is 46.8 Å². The zero-order valence-corrected chi connectivity index (χ0v) is 18.5. The molecule has 1 aromatic heterocycles. The Hall–Kier alpha value is -4.04. The fourth-order valence-corrected chi connectivity index (χ4v) is 3.50. The van der Waals surface area contributed by atoms with Crippen LogP contribution < -0.4 is 10.2 Å². The lowest BCUT2D eigenvalue weighted by atomic mass is 10.1. The van der Waals surface area contributed by atoms with E-state index >= 15 is 0 Å². The Kier molecular flexibility index (Phi) is 5.93. The molecule has 1 aliphatic heterocycles. The number of nitrogens with one attached hydrogen (secondary N) is 1. The molecular formula is C24H18ClN3O5. The second-order valence-corrected chi connectivity index (χ2v) is 7.92. The monoisotopic (exact) mass is 463 g/mol. The van der Waals surface area contributed by atoms with Gasteiger partial charge in [0.05, 0.1) is 27.4 Å². The van der Waals surface area contributed by atoms with Gasteiger partial charge in [-0.05, 0) is 61.4 Å². The van der Waals surface area contributed by atoms with Crippen molar-refractivity contribution in [1.82, 2.24) is 4.98 Å². The lowest BCUT2D eigenvalue weighted by molar-refractivity contribution is -0.119. The van der Waals surface area contributed by atoms with Crippen molar-refractivity contribution in [2.45, 2.75) is 13.8 Å². The van der Waals surface area contributed by atoms with Crippen LogP contribution in [0.4, 0.5) is 11.5 Å². The zero-order chi connectivity index (χ0) is 23.7. The molecule has 166 valence electrons. The average Bonchev–Trinajstić information content (AvgIpc) is 3.05. The van der Waals surface area contributed by atoms with E-state index in [1.54, 1.807) is 12.1 Å². The van der Waals surface area contributed by atoms with Gasteiger partial charge in [0, 0.05) is 6.20 Å². The van der Waals surface area contributed by atoms with Crippen LogP contribution >= 0.6 is 11.6 Å². The minimum Gasteiger partial charge on any atom is -0.452 e. The van der Waals surface area contributed by atoms with Crippen molar-refractivity contribution in [2.24, 2.45) is 0 Å². The van der Waals surface area contributed by atoms with Crippen LogP contribution in [-0.2, 0) is 9.53 Å². The minimum absolute atomic E-state index is 0.0510. The number of ether oxygens (including phenoxy) is 1. The van der Waals surface area contributed by atoms with Gasteiger partial charge in [-0.3, -0.25) is 14.4 Å². The van der Waals surface area contributed by atoms with Gasteiger partial charge in [0.15, 0.2) is 6.61 Å². The number of halogens is 1. The van der Waals surface area contributed by atoms with Crippen LogP contribution in [0.5, 0.6) is 0 Å². The first-order chi connectivity index (χ1) is 15.7. The van der Waals surface area contributed by atoms with Crippen molar-refractivity contribution in [3.63, 3.8) is 0 Å². The second kappa shape index (κ2) is 8.84. The molecule has 0 aliphatic carbocycles. The van der Waals surface area contributed by atoms with E-state index in [9.17, 15) is 19.2 Å². The molecule has 0 atom stereocenters. The van der Waals surface area contributed by atoms with E-state index in [-0.39, 0.29) is 22.5 Å². The highest BCUT2D eigenvalue weighted by molar-refractivity contribution is 6.35. The number of carbonyl (C=O) groups is 4. The normalized spacial score (nSPS) is 12.5. The third-order valence-corrected chi connectivity index (χ3v) is 5.28. The number of amides is 3. The van der Waals surface area contributed by atoms with Crippen LogP contribution in [-0.4, -0.2) is 35.3 Å². The van der Waals surface area contributed by atoms with E-state index in [1.165, 1.54) is 30.5 Å². The van der Waals surface area contributed by atoms with Crippen LogP contribution in [0, 0.1) is 13.8 Å². The summed E-state index contributed by atoms with van der Waals surface area (Å²) in [6.07, 6.45) is 1.37. The highest BCUT2D eigenvalue weighted by Gasteiger charge is 2.38. The van der Waals surface area contributed by atoms with Crippen LogP contribution in [0.3, 0.4) is 0 Å². The Morgan fingerprint density at radius 3 is 2.48 bits per heavy atom. The SMILES string of the molecule is Cc1ccc(C)c(N2C(=O)c3ccc(C(=O)OCC(=O)Nc4ccc(Cl)cn4)cc3C2=O)c1.